The lowest BCUT2D eigenvalue weighted by Gasteiger charge is -2.35. The van der Waals surface area contributed by atoms with E-state index in [4.69, 9.17) is 0 Å². The highest BCUT2D eigenvalue weighted by molar-refractivity contribution is 5.85. The maximum absolute atomic E-state index is 14.2. The first-order chi connectivity index (χ1) is 10.4. The molecule has 0 spiro atoms. The smallest absolute Gasteiger partial charge is 0.406 e. The van der Waals surface area contributed by atoms with Gasteiger partial charge in [-0.2, -0.15) is 0 Å². The number of halogens is 6. The summed E-state index contributed by atoms with van der Waals surface area (Å²) >= 11 is 0. The van der Waals surface area contributed by atoms with Crippen LogP contribution in [-0.2, 0) is 0 Å². The molecule has 3 rings (SSSR count). The lowest BCUT2D eigenvalue weighted by molar-refractivity contribution is -0.274. The molecule has 0 radical (unpaired) electrons. The summed E-state index contributed by atoms with van der Waals surface area (Å²) in [6, 6.07) is 3.12. The van der Waals surface area contributed by atoms with Gasteiger partial charge >= 0.3 is 6.36 Å². The van der Waals surface area contributed by atoms with Crippen molar-refractivity contribution in [1.82, 2.24) is 10.2 Å². The van der Waals surface area contributed by atoms with Gasteiger partial charge in [-0.1, -0.05) is 0 Å². The second kappa shape index (κ2) is 8.56. The lowest BCUT2D eigenvalue weighted by atomic mass is 9.99. The zero-order chi connectivity index (χ0) is 15.7. The molecule has 24 heavy (non-hydrogen) atoms. The Labute approximate surface area is 150 Å². The van der Waals surface area contributed by atoms with E-state index in [1.165, 1.54) is 6.07 Å². The minimum absolute atomic E-state index is 0. The molecule has 1 atom stereocenters. The van der Waals surface area contributed by atoms with E-state index < -0.39 is 12.2 Å². The van der Waals surface area contributed by atoms with Gasteiger partial charge in [0.1, 0.15) is 11.6 Å². The molecule has 1 saturated carbocycles. The number of piperazine rings is 1. The zero-order valence-electron chi connectivity index (χ0n) is 12.8. The molecule has 1 aliphatic carbocycles. The van der Waals surface area contributed by atoms with Crippen LogP contribution in [0.3, 0.4) is 0 Å². The first kappa shape index (κ1) is 21.3. The van der Waals surface area contributed by atoms with Crippen LogP contribution in [0.1, 0.15) is 24.4 Å². The van der Waals surface area contributed by atoms with Crippen LogP contribution in [0.4, 0.5) is 17.6 Å². The Morgan fingerprint density at radius 3 is 2.29 bits per heavy atom. The van der Waals surface area contributed by atoms with E-state index in [-0.39, 0.29) is 36.6 Å². The van der Waals surface area contributed by atoms with Crippen LogP contribution in [0.15, 0.2) is 18.2 Å². The Morgan fingerprint density at radius 2 is 1.75 bits per heavy atom. The van der Waals surface area contributed by atoms with Gasteiger partial charge in [0.15, 0.2) is 0 Å². The maximum Gasteiger partial charge on any atom is 0.573 e. The summed E-state index contributed by atoms with van der Waals surface area (Å²) in [7, 11) is 0. The van der Waals surface area contributed by atoms with Crippen LogP contribution in [0.5, 0.6) is 5.75 Å². The molecule has 1 N–H and O–H groups in total. The second-order valence-corrected chi connectivity index (χ2v) is 5.80. The Morgan fingerprint density at radius 1 is 1.12 bits per heavy atom. The first-order valence-electron chi connectivity index (χ1n) is 7.44. The number of hydrogen-bond donors (Lipinski definition) is 1. The van der Waals surface area contributed by atoms with Gasteiger partial charge < -0.3 is 10.1 Å². The van der Waals surface area contributed by atoms with Crippen LogP contribution in [0.25, 0.3) is 0 Å². The molecular formula is C15H20Cl2F4N2O. The van der Waals surface area contributed by atoms with Gasteiger partial charge in [0, 0.05) is 37.8 Å². The van der Waals surface area contributed by atoms with E-state index >= 15 is 0 Å². The fourth-order valence-electron chi connectivity index (χ4n) is 3.07. The predicted octanol–water partition coefficient (Wildman–Crippen LogP) is 3.92. The molecule has 138 valence electrons. The monoisotopic (exact) mass is 390 g/mol. The molecule has 0 unspecified atom stereocenters. The highest BCUT2D eigenvalue weighted by atomic mass is 35.5. The van der Waals surface area contributed by atoms with Crippen LogP contribution >= 0.6 is 24.8 Å². The summed E-state index contributed by atoms with van der Waals surface area (Å²) in [5.41, 5.74) is 0.311. The molecule has 2 aliphatic rings. The standard InChI is InChI=1S/C15H18F4N2O.2ClH/c16-13-4-3-11(22-15(17,18)19)9-12(13)14(10-1-2-10)21-7-5-20-6-8-21;;/h3-4,9-10,14,20H,1-2,5-8H2;2*1H/t14-;;/m1../s1. The quantitative estimate of drug-likeness (QED) is 0.788. The molecule has 1 heterocycles. The molecule has 2 fully saturated rings. The fourth-order valence-corrected chi connectivity index (χ4v) is 3.07. The number of nitrogens with one attached hydrogen (secondary N) is 1. The van der Waals surface area contributed by atoms with Crippen LogP contribution < -0.4 is 10.1 Å². The Bertz CT molecular complexity index is 535. The SMILES string of the molecule is Cl.Cl.Fc1ccc(OC(F)(F)F)cc1[C@@H](C1CC1)N1CCNCC1. The molecule has 1 saturated heterocycles. The third-order valence-electron chi connectivity index (χ3n) is 4.13. The number of hydrogen-bond acceptors (Lipinski definition) is 3. The second-order valence-electron chi connectivity index (χ2n) is 5.80. The van der Waals surface area contributed by atoms with Crippen molar-refractivity contribution in [3.8, 4) is 5.75 Å². The largest absolute Gasteiger partial charge is 0.573 e. The van der Waals surface area contributed by atoms with Gasteiger partial charge in [-0.3, -0.25) is 4.90 Å². The van der Waals surface area contributed by atoms with Gasteiger partial charge in [0.2, 0.25) is 0 Å². The summed E-state index contributed by atoms with van der Waals surface area (Å²) in [4.78, 5) is 2.16. The molecular weight excluding hydrogens is 371 g/mol. The Balaban J connectivity index is 0.00000144. The highest BCUT2D eigenvalue weighted by Gasteiger charge is 2.39. The van der Waals surface area contributed by atoms with E-state index in [0.717, 1.165) is 51.2 Å². The van der Waals surface area contributed by atoms with Gasteiger partial charge in [0.25, 0.3) is 0 Å². The van der Waals surface area contributed by atoms with E-state index in [1.54, 1.807) is 0 Å². The van der Waals surface area contributed by atoms with Crippen molar-refractivity contribution < 1.29 is 22.3 Å². The van der Waals surface area contributed by atoms with Crippen molar-refractivity contribution in [1.29, 1.82) is 0 Å². The minimum atomic E-state index is -4.76. The lowest BCUT2D eigenvalue weighted by Crippen LogP contribution is -2.45. The average molecular weight is 391 g/mol. The predicted molar refractivity (Wildman–Crippen MR) is 87.5 cm³/mol. The molecule has 1 aromatic rings. The Hall–Kier alpha value is -0.760. The number of ether oxygens (including phenoxy) is 1. The molecule has 9 heteroatoms. The van der Waals surface area contributed by atoms with Gasteiger partial charge in [-0.25, -0.2) is 4.39 Å². The van der Waals surface area contributed by atoms with Gasteiger partial charge in [0.05, 0.1) is 0 Å². The summed E-state index contributed by atoms with van der Waals surface area (Å²) in [6.45, 7) is 3.16. The third kappa shape index (κ3) is 5.37. The van der Waals surface area contributed by atoms with Crippen LogP contribution in [0.2, 0.25) is 0 Å². The van der Waals surface area contributed by atoms with Crippen molar-refractivity contribution in [2.45, 2.75) is 25.2 Å². The first-order valence-corrected chi connectivity index (χ1v) is 7.44. The van der Waals surface area contributed by atoms with Gasteiger partial charge in [-0.05, 0) is 37.0 Å². The van der Waals surface area contributed by atoms with Crippen molar-refractivity contribution in [3.63, 3.8) is 0 Å². The van der Waals surface area contributed by atoms with Crippen LogP contribution in [-0.4, -0.2) is 37.4 Å². The normalized spacial score (nSPS) is 19.8. The fraction of sp³-hybridized carbons (Fsp3) is 0.600. The maximum atomic E-state index is 14.2. The summed E-state index contributed by atoms with van der Waals surface area (Å²) < 4.78 is 55.3. The van der Waals surface area contributed by atoms with Crippen molar-refractivity contribution in [2.75, 3.05) is 26.2 Å². The van der Waals surface area contributed by atoms with E-state index in [9.17, 15) is 17.6 Å². The molecule has 0 bridgehead atoms. The topological polar surface area (TPSA) is 24.5 Å². The molecule has 0 aromatic heterocycles. The van der Waals surface area contributed by atoms with E-state index in [0.29, 0.717) is 11.5 Å². The number of alkyl halides is 3. The molecule has 1 aliphatic heterocycles. The third-order valence-corrected chi connectivity index (χ3v) is 4.13. The number of nitrogens with zero attached hydrogens (tertiary/aromatic N) is 1. The van der Waals surface area contributed by atoms with E-state index in [1.807, 2.05) is 0 Å². The molecule has 0 amide bonds. The van der Waals surface area contributed by atoms with Crippen molar-refractivity contribution in [2.24, 2.45) is 5.92 Å². The molecule has 3 nitrogen and oxygen atoms in total. The van der Waals surface area contributed by atoms with Gasteiger partial charge in [-0.15, -0.1) is 38.0 Å². The van der Waals surface area contributed by atoms with E-state index in [2.05, 4.69) is 15.0 Å². The Kier molecular flexibility index (Phi) is 7.59. The average Bonchev–Trinajstić information content (AvgIpc) is 3.27. The number of rotatable bonds is 4. The zero-order valence-corrected chi connectivity index (χ0v) is 14.4. The highest BCUT2D eigenvalue weighted by Crippen LogP contribution is 2.46. The van der Waals surface area contributed by atoms with Crippen LogP contribution in [0, 0.1) is 11.7 Å². The van der Waals surface area contributed by atoms with Crippen molar-refractivity contribution >= 4 is 24.8 Å². The summed E-state index contributed by atoms with van der Waals surface area (Å²) in [6.07, 6.45) is -2.80. The molecule has 1 aromatic carbocycles. The summed E-state index contributed by atoms with van der Waals surface area (Å²) in [5.74, 6) is -0.511. The summed E-state index contributed by atoms with van der Waals surface area (Å²) in [5, 5.41) is 3.23. The number of benzene rings is 1. The van der Waals surface area contributed by atoms with Crippen molar-refractivity contribution in [3.05, 3.63) is 29.6 Å². The minimum Gasteiger partial charge on any atom is -0.406 e.